The van der Waals surface area contributed by atoms with Crippen LogP contribution < -0.4 is 0 Å². The summed E-state index contributed by atoms with van der Waals surface area (Å²) in [5.41, 5.74) is -1.92. The van der Waals surface area contributed by atoms with Crippen LogP contribution >= 0.6 is 0 Å². The largest absolute Gasteiger partial charge is 0.448 e. The number of aryl methyl sites for hydroxylation is 1. The monoisotopic (exact) mass is 320 g/mol. The number of fused-ring (bicyclic) bond motifs is 2. The van der Waals surface area contributed by atoms with E-state index < -0.39 is 28.6 Å². The van der Waals surface area contributed by atoms with E-state index in [0.29, 0.717) is 5.56 Å². The smallest absolute Gasteiger partial charge is 0.214 e. The highest BCUT2D eigenvalue weighted by Crippen LogP contribution is 2.66. The van der Waals surface area contributed by atoms with Crippen molar-refractivity contribution in [3.63, 3.8) is 0 Å². The Morgan fingerprint density at radius 2 is 1.67 bits per heavy atom. The fraction of sp³-hybridized carbons (Fsp3) is 0.444. The third-order valence-electron chi connectivity index (χ3n) is 5.38. The minimum Gasteiger partial charge on any atom is -0.448 e. The first kappa shape index (κ1) is 16.0. The van der Waals surface area contributed by atoms with Gasteiger partial charge in [-0.05, 0) is 12.5 Å². The highest BCUT2D eigenvalue weighted by atomic mass is 16.7. The molecular weight excluding hydrogens is 304 g/mol. The zero-order chi connectivity index (χ0) is 17.8. The van der Waals surface area contributed by atoms with E-state index >= 15 is 0 Å². The van der Waals surface area contributed by atoms with Crippen molar-refractivity contribution < 1.29 is 9.47 Å². The molecule has 2 aliphatic rings. The molecule has 0 radical (unpaired) electrons. The first-order valence-corrected chi connectivity index (χ1v) is 7.57. The molecule has 24 heavy (non-hydrogen) atoms. The van der Waals surface area contributed by atoms with Gasteiger partial charge in [0.2, 0.25) is 17.1 Å². The third-order valence-corrected chi connectivity index (χ3v) is 5.38. The van der Waals surface area contributed by atoms with Gasteiger partial charge in [0.25, 0.3) is 0 Å². The fourth-order valence-electron chi connectivity index (χ4n) is 3.75. The quantitative estimate of drug-likeness (QED) is 0.854. The Morgan fingerprint density at radius 3 is 2.17 bits per heavy atom. The molecule has 0 unspecified atom stereocenters. The summed E-state index contributed by atoms with van der Waals surface area (Å²) >= 11 is 0. The number of nitrogens with one attached hydrogen (secondary N) is 1. The van der Waals surface area contributed by atoms with Crippen molar-refractivity contribution in [2.45, 2.75) is 32.7 Å². The Bertz CT molecular complexity index is 828. The summed E-state index contributed by atoms with van der Waals surface area (Å²) in [4.78, 5) is 0. The van der Waals surface area contributed by atoms with Gasteiger partial charge in [0.1, 0.15) is 6.10 Å². The summed E-state index contributed by atoms with van der Waals surface area (Å²) in [5, 5.41) is 37.9. The molecule has 1 aromatic rings. The van der Waals surface area contributed by atoms with Gasteiger partial charge in [-0.1, -0.05) is 36.8 Å². The van der Waals surface area contributed by atoms with Gasteiger partial charge in [-0.15, -0.1) is 0 Å². The molecular formula is C18H16N4O2. The normalized spacial score (nSPS) is 36.1. The lowest BCUT2D eigenvalue weighted by Crippen LogP contribution is -2.57. The topological polar surface area (TPSA) is 114 Å². The molecule has 3 rings (SSSR count). The minimum atomic E-state index is -1.87. The van der Waals surface area contributed by atoms with Crippen LogP contribution in [0.25, 0.3) is 0 Å². The van der Waals surface area contributed by atoms with Crippen LogP contribution in [0.5, 0.6) is 0 Å². The number of hydrogen-bond donors (Lipinski definition) is 1. The maximum atomic E-state index is 9.91. The van der Waals surface area contributed by atoms with Crippen LogP contribution in [0.3, 0.4) is 0 Å². The maximum absolute atomic E-state index is 9.91. The Hall–Kier alpha value is -2.88. The zero-order valence-corrected chi connectivity index (χ0v) is 13.6. The van der Waals surface area contributed by atoms with Crippen LogP contribution in [0.2, 0.25) is 0 Å². The average Bonchev–Trinajstić information content (AvgIpc) is 2.71. The first-order valence-electron chi connectivity index (χ1n) is 7.57. The summed E-state index contributed by atoms with van der Waals surface area (Å²) in [5.74, 6) is -2.25. The lowest BCUT2D eigenvalue weighted by atomic mass is 9.54. The van der Waals surface area contributed by atoms with Crippen LogP contribution in [0.4, 0.5) is 0 Å². The van der Waals surface area contributed by atoms with Crippen LogP contribution in [0.1, 0.15) is 31.1 Å². The van der Waals surface area contributed by atoms with Crippen LogP contribution in [0, 0.1) is 63.1 Å². The lowest BCUT2D eigenvalue weighted by molar-refractivity contribution is -0.268. The average molecular weight is 320 g/mol. The molecule has 1 N–H and O–H groups in total. The van der Waals surface area contributed by atoms with Gasteiger partial charge in [-0.2, -0.15) is 15.8 Å². The Kier molecular flexibility index (Phi) is 3.20. The molecule has 0 saturated carbocycles. The number of benzene rings is 1. The van der Waals surface area contributed by atoms with Gasteiger partial charge < -0.3 is 9.47 Å². The van der Waals surface area contributed by atoms with E-state index in [9.17, 15) is 15.8 Å². The summed E-state index contributed by atoms with van der Waals surface area (Å²) in [6, 6.07) is 13.3. The molecule has 2 heterocycles. The van der Waals surface area contributed by atoms with E-state index in [-0.39, 0.29) is 5.90 Å². The number of nitriles is 3. The summed E-state index contributed by atoms with van der Waals surface area (Å²) in [7, 11) is 0. The third kappa shape index (κ3) is 1.58. The van der Waals surface area contributed by atoms with E-state index in [0.717, 1.165) is 5.56 Å². The molecule has 1 aromatic carbocycles. The standard InChI is InChI=1S/C18H16N4O2/c1-11-4-6-13(7-5-11)14-17(8-19,9-20)18(10-21)12(2)16(3,23-14)24-15(18)22/h4-7,12,14,22H,1-3H3/t12-,14-,16-,18+/m0/s1. The molecule has 0 spiro atoms. The molecule has 120 valence electrons. The second-order valence-corrected chi connectivity index (χ2v) is 6.53. The van der Waals surface area contributed by atoms with E-state index in [1.165, 1.54) is 0 Å². The van der Waals surface area contributed by atoms with Crippen LogP contribution in [-0.2, 0) is 9.47 Å². The molecule has 0 aromatic heterocycles. The molecule has 2 fully saturated rings. The van der Waals surface area contributed by atoms with Crippen molar-refractivity contribution in [3.8, 4) is 18.2 Å². The van der Waals surface area contributed by atoms with E-state index in [1.807, 2.05) is 31.2 Å². The van der Waals surface area contributed by atoms with E-state index in [4.69, 9.17) is 14.9 Å². The van der Waals surface area contributed by atoms with Crippen molar-refractivity contribution in [1.29, 1.82) is 21.2 Å². The highest BCUT2D eigenvalue weighted by molar-refractivity contribution is 5.89. The second-order valence-electron chi connectivity index (χ2n) is 6.53. The maximum Gasteiger partial charge on any atom is 0.214 e. The number of ether oxygens (including phenoxy) is 2. The van der Waals surface area contributed by atoms with E-state index in [1.54, 1.807) is 26.0 Å². The molecule has 0 amide bonds. The van der Waals surface area contributed by atoms with Gasteiger partial charge in [-0.25, -0.2) is 0 Å². The number of rotatable bonds is 1. The fourth-order valence-corrected chi connectivity index (χ4v) is 3.75. The number of nitrogens with zero attached hydrogens (tertiary/aromatic N) is 3. The van der Waals surface area contributed by atoms with Crippen molar-refractivity contribution >= 4 is 5.90 Å². The molecule has 6 heteroatoms. The van der Waals surface area contributed by atoms with Crippen molar-refractivity contribution in [2.75, 3.05) is 0 Å². The highest BCUT2D eigenvalue weighted by Gasteiger charge is 2.78. The molecule has 6 nitrogen and oxygen atoms in total. The Labute approximate surface area is 140 Å². The predicted octanol–water partition coefficient (Wildman–Crippen LogP) is 2.97. The Balaban J connectivity index is 2.31. The van der Waals surface area contributed by atoms with Crippen molar-refractivity contribution in [1.82, 2.24) is 0 Å². The summed E-state index contributed by atoms with van der Waals surface area (Å²) in [6.45, 7) is 5.25. The Morgan fingerprint density at radius 1 is 1.08 bits per heavy atom. The summed E-state index contributed by atoms with van der Waals surface area (Å²) in [6.07, 6.45) is -0.989. The van der Waals surface area contributed by atoms with Gasteiger partial charge in [-0.3, -0.25) is 5.41 Å². The van der Waals surface area contributed by atoms with Gasteiger partial charge in [0.15, 0.2) is 5.41 Å². The molecule has 2 saturated heterocycles. The van der Waals surface area contributed by atoms with Gasteiger partial charge in [0.05, 0.1) is 24.1 Å². The minimum absolute atomic E-state index is 0.377. The number of hydrogen-bond acceptors (Lipinski definition) is 6. The first-order chi connectivity index (χ1) is 11.3. The predicted molar refractivity (Wildman–Crippen MR) is 83.1 cm³/mol. The van der Waals surface area contributed by atoms with Gasteiger partial charge in [0, 0.05) is 6.92 Å². The van der Waals surface area contributed by atoms with Crippen molar-refractivity contribution in [3.05, 3.63) is 35.4 Å². The molecule has 2 bridgehead atoms. The van der Waals surface area contributed by atoms with Crippen LogP contribution in [0.15, 0.2) is 24.3 Å². The van der Waals surface area contributed by atoms with Crippen molar-refractivity contribution in [2.24, 2.45) is 16.7 Å². The lowest BCUT2D eigenvalue weighted by Gasteiger charge is -2.47. The van der Waals surface area contributed by atoms with Crippen LogP contribution in [-0.4, -0.2) is 11.7 Å². The molecule has 4 atom stereocenters. The van der Waals surface area contributed by atoms with Gasteiger partial charge >= 0.3 is 0 Å². The molecule has 2 aliphatic heterocycles. The molecule has 0 aliphatic carbocycles. The second kappa shape index (κ2) is 4.81. The van der Waals surface area contributed by atoms with E-state index in [2.05, 4.69) is 6.07 Å². The summed E-state index contributed by atoms with van der Waals surface area (Å²) < 4.78 is 11.6. The SMILES string of the molecule is Cc1ccc([C@@H]2O[C@@]3(C)OC(=N)[C@@](C#N)([C@H]3C)C2(C#N)C#N)cc1. The zero-order valence-electron chi connectivity index (χ0n) is 13.6.